The first-order chi connectivity index (χ1) is 13.1. The van der Waals surface area contributed by atoms with Crippen LogP contribution >= 0.6 is 0 Å². The Bertz CT molecular complexity index is 1010. The summed E-state index contributed by atoms with van der Waals surface area (Å²) in [6.07, 6.45) is 2.24. The van der Waals surface area contributed by atoms with Crippen molar-refractivity contribution < 1.29 is 23.4 Å². The van der Waals surface area contributed by atoms with Gasteiger partial charge in [-0.3, -0.25) is 4.79 Å². The number of aromatic nitrogens is 1. The number of ether oxygens (including phenoxy) is 3. The highest BCUT2D eigenvalue weighted by atomic mass is 16.5. The molecule has 1 N–H and O–H groups in total. The lowest BCUT2D eigenvalue weighted by Gasteiger charge is -2.14. The summed E-state index contributed by atoms with van der Waals surface area (Å²) >= 11 is 0. The van der Waals surface area contributed by atoms with Gasteiger partial charge in [0.05, 0.1) is 26.9 Å². The van der Waals surface area contributed by atoms with E-state index in [0.29, 0.717) is 34.4 Å². The van der Waals surface area contributed by atoms with Crippen LogP contribution < -0.4 is 19.5 Å². The number of anilines is 1. The van der Waals surface area contributed by atoms with Crippen molar-refractivity contribution in [2.75, 3.05) is 26.6 Å². The van der Waals surface area contributed by atoms with Gasteiger partial charge >= 0.3 is 0 Å². The summed E-state index contributed by atoms with van der Waals surface area (Å²) in [5.41, 5.74) is 2.42. The molecule has 1 aliphatic rings. The molecule has 7 nitrogen and oxygen atoms in total. The number of amides is 1. The van der Waals surface area contributed by atoms with Crippen LogP contribution in [0.5, 0.6) is 17.2 Å². The molecule has 0 saturated heterocycles. The smallest absolute Gasteiger partial charge is 0.259 e. The highest BCUT2D eigenvalue weighted by Crippen LogP contribution is 2.41. The van der Waals surface area contributed by atoms with Gasteiger partial charge in [-0.25, -0.2) is 4.98 Å². The summed E-state index contributed by atoms with van der Waals surface area (Å²) in [7, 11) is 4.54. The van der Waals surface area contributed by atoms with E-state index in [4.69, 9.17) is 18.6 Å². The second-order valence-corrected chi connectivity index (χ2v) is 6.37. The van der Waals surface area contributed by atoms with Crippen LogP contribution in [-0.2, 0) is 0 Å². The third-order valence-corrected chi connectivity index (χ3v) is 4.54. The first-order valence-corrected chi connectivity index (χ1v) is 8.64. The zero-order valence-corrected chi connectivity index (χ0v) is 15.4. The summed E-state index contributed by atoms with van der Waals surface area (Å²) in [5.74, 6) is 2.22. The van der Waals surface area contributed by atoms with Crippen molar-refractivity contribution in [2.24, 2.45) is 0 Å². The van der Waals surface area contributed by atoms with E-state index < -0.39 is 0 Å². The molecule has 0 aliphatic heterocycles. The number of carbonyl (C=O) groups excluding carboxylic acids is 1. The molecule has 0 bridgehead atoms. The number of nitrogens with one attached hydrogen (secondary N) is 1. The number of rotatable bonds is 6. The van der Waals surface area contributed by atoms with E-state index in [9.17, 15) is 4.79 Å². The molecule has 0 atom stereocenters. The Labute approximate surface area is 156 Å². The van der Waals surface area contributed by atoms with Crippen molar-refractivity contribution in [2.45, 2.75) is 18.8 Å². The van der Waals surface area contributed by atoms with Crippen LogP contribution in [0.4, 0.5) is 5.69 Å². The zero-order valence-electron chi connectivity index (χ0n) is 15.4. The van der Waals surface area contributed by atoms with Crippen LogP contribution in [-0.4, -0.2) is 32.2 Å². The summed E-state index contributed by atoms with van der Waals surface area (Å²) in [5, 5.41) is 2.87. The molecule has 7 heteroatoms. The SMILES string of the molecule is COc1cc(OC)c(C(=O)Nc2ccc3oc(C4CC4)nc3c2)cc1OC. The van der Waals surface area contributed by atoms with E-state index in [0.717, 1.165) is 29.8 Å². The number of methoxy groups -OCH3 is 3. The maximum atomic E-state index is 12.8. The third kappa shape index (κ3) is 3.28. The van der Waals surface area contributed by atoms with Gasteiger partial charge in [-0.1, -0.05) is 0 Å². The molecule has 1 saturated carbocycles. The van der Waals surface area contributed by atoms with Crippen LogP contribution in [0, 0.1) is 0 Å². The van der Waals surface area contributed by atoms with Gasteiger partial charge in [-0.15, -0.1) is 0 Å². The number of nitrogens with zero attached hydrogens (tertiary/aromatic N) is 1. The van der Waals surface area contributed by atoms with E-state index >= 15 is 0 Å². The summed E-state index contributed by atoms with van der Waals surface area (Å²) in [4.78, 5) is 17.3. The topological polar surface area (TPSA) is 82.8 Å². The largest absolute Gasteiger partial charge is 0.496 e. The van der Waals surface area contributed by atoms with Crippen molar-refractivity contribution in [3.05, 3.63) is 41.8 Å². The van der Waals surface area contributed by atoms with E-state index in [1.807, 2.05) is 6.07 Å². The van der Waals surface area contributed by atoms with Crippen molar-refractivity contribution in [3.8, 4) is 17.2 Å². The average Bonchev–Trinajstić information content (AvgIpc) is 3.46. The van der Waals surface area contributed by atoms with Gasteiger partial charge in [0.15, 0.2) is 23.0 Å². The van der Waals surface area contributed by atoms with Crippen LogP contribution in [0.2, 0.25) is 0 Å². The van der Waals surface area contributed by atoms with Gasteiger partial charge in [-0.05, 0) is 31.0 Å². The zero-order chi connectivity index (χ0) is 19.0. The fraction of sp³-hybridized carbons (Fsp3) is 0.300. The Morgan fingerprint density at radius 3 is 2.41 bits per heavy atom. The third-order valence-electron chi connectivity index (χ3n) is 4.54. The Balaban J connectivity index is 1.62. The fourth-order valence-corrected chi connectivity index (χ4v) is 2.93. The number of oxazole rings is 1. The average molecular weight is 368 g/mol. The van der Waals surface area contributed by atoms with E-state index in [-0.39, 0.29) is 5.91 Å². The first kappa shape index (κ1) is 17.2. The highest BCUT2D eigenvalue weighted by Gasteiger charge is 2.29. The van der Waals surface area contributed by atoms with E-state index in [2.05, 4.69) is 10.3 Å². The number of hydrogen-bond acceptors (Lipinski definition) is 6. The minimum absolute atomic E-state index is 0.321. The van der Waals surface area contributed by atoms with Crippen LogP contribution in [0.1, 0.15) is 35.0 Å². The van der Waals surface area contributed by atoms with Gasteiger partial charge in [0, 0.05) is 23.7 Å². The molecule has 1 aliphatic carbocycles. The monoisotopic (exact) mass is 368 g/mol. The lowest BCUT2D eigenvalue weighted by atomic mass is 10.1. The highest BCUT2D eigenvalue weighted by molar-refractivity contribution is 6.07. The predicted octanol–water partition coefficient (Wildman–Crippen LogP) is 3.98. The first-order valence-electron chi connectivity index (χ1n) is 8.64. The fourth-order valence-electron chi connectivity index (χ4n) is 2.93. The second-order valence-electron chi connectivity index (χ2n) is 6.37. The Hall–Kier alpha value is -3.22. The molecule has 140 valence electrons. The lowest BCUT2D eigenvalue weighted by Crippen LogP contribution is -2.13. The van der Waals surface area contributed by atoms with E-state index in [1.165, 1.54) is 21.3 Å². The Morgan fingerprint density at radius 1 is 1.04 bits per heavy atom. The number of carbonyl (C=O) groups is 1. The minimum atomic E-state index is -0.321. The van der Waals surface area contributed by atoms with Crippen molar-refractivity contribution >= 4 is 22.7 Å². The number of hydrogen-bond donors (Lipinski definition) is 1. The maximum Gasteiger partial charge on any atom is 0.259 e. The predicted molar refractivity (Wildman–Crippen MR) is 100 cm³/mol. The molecular weight excluding hydrogens is 348 g/mol. The van der Waals surface area contributed by atoms with Crippen LogP contribution in [0.15, 0.2) is 34.7 Å². The van der Waals surface area contributed by atoms with Crippen molar-refractivity contribution in [1.82, 2.24) is 4.98 Å². The summed E-state index contributed by atoms with van der Waals surface area (Å²) in [6, 6.07) is 8.62. The van der Waals surface area contributed by atoms with Gasteiger partial charge < -0.3 is 23.9 Å². The van der Waals surface area contributed by atoms with Crippen LogP contribution in [0.3, 0.4) is 0 Å². The molecule has 2 aromatic carbocycles. The molecule has 3 aromatic rings. The minimum Gasteiger partial charge on any atom is -0.496 e. The Morgan fingerprint density at radius 2 is 1.74 bits per heavy atom. The second kappa shape index (κ2) is 6.83. The van der Waals surface area contributed by atoms with Crippen LogP contribution in [0.25, 0.3) is 11.1 Å². The van der Waals surface area contributed by atoms with Crippen molar-refractivity contribution in [1.29, 1.82) is 0 Å². The number of benzene rings is 2. The van der Waals surface area contributed by atoms with Gasteiger partial charge in [0.25, 0.3) is 5.91 Å². The molecule has 1 fully saturated rings. The molecule has 1 heterocycles. The molecule has 1 amide bonds. The molecule has 0 spiro atoms. The van der Waals surface area contributed by atoms with Crippen molar-refractivity contribution in [3.63, 3.8) is 0 Å². The molecule has 0 unspecified atom stereocenters. The normalized spacial score (nSPS) is 13.4. The molecule has 4 rings (SSSR count). The van der Waals surface area contributed by atoms with E-state index in [1.54, 1.807) is 24.3 Å². The number of fused-ring (bicyclic) bond motifs is 1. The lowest BCUT2D eigenvalue weighted by molar-refractivity contribution is 0.102. The summed E-state index contributed by atoms with van der Waals surface area (Å²) in [6.45, 7) is 0. The maximum absolute atomic E-state index is 12.8. The molecule has 0 radical (unpaired) electrons. The Kier molecular flexibility index (Phi) is 4.35. The quantitative estimate of drug-likeness (QED) is 0.708. The van der Waals surface area contributed by atoms with Gasteiger partial charge in [0.2, 0.25) is 0 Å². The standard InChI is InChI=1S/C20H20N2O5/c1-24-16-10-18(26-3)17(25-2)9-13(16)19(23)21-12-6-7-15-14(8-12)22-20(27-15)11-4-5-11/h6-11H,4-5H2,1-3H3,(H,21,23). The molecular formula is C20H20N2O5. The van der Waals surface area contributed by atoms with Gasteiger partial charge in [-0.2, -0.15) is 0 Å². The van der Waals surface area contributed by atoms with Gasteiger partial charge in [0.1, 0.15) is 11.3 Å². The summed E-state index contributed by atoms with van der Waals surface area (Å²) < 4.78 is 21.6. The molecule has 1 aromatic heterocycles. The molecule has 27 heavy (non-hydrogen) atoms.